The second kappa shape index (κ2) is 4.14. The Bertz CT molecular complexity index is 388. The van der Waals surface area contributed by atoms with Gasteiger partial charge in [0.15, 0.2) is 0 Å². The summed E-state index contributed by atoms with van der Waals surface area (Å²) in [5.41, 5.74) is -0.732. The zero-order chi connectivity index (χ0) is 10.9. The molecule has 1 aromatic rings. The number of nitrogens with zero attached hydrogens (tertiary/aromatic N) is 2. The molecule has 0 unspecified atom stereocenters. The van der Waals surface area contributed by atoms with Crippen molar-refractivity contribution < 1.29 is 13.7 Å². The first-order valence-corrected chi connectivity index (χ1v) is 4.39. The topological polar surface area (TPSA) is 56.0 Å². The molecule has 14 heavy (non-hydrogen) atoms. The van der Waals surface area contributed by atoms with Gasteiger partial charge in [-0.2, -0.15) is 0 Å². The predicted octanol–water partition coefficient (Wildman–Crippen LogP) is 3.34. The fourth-order valence-corrected chi connectivity index (χ4v) is 1.31. The minimum atomic E-state index is -2.92. The number of hydrogen-bond donors (Lipinski definition) is 0. The molecule has 0 bridgehead atoms. The quantitative estimate of drug-likeness (QED) is 0.619. The molecule has 1 heterocycles. The van der Waals surface area contributed by atoms with E-state index in [0.717, 1.165) is 6.07 Å². The van der Waals surface area contributed by atoms with Crippen molar-refractivity contribution in [1.82, 2.24) is 4.98 Å². The van der Waals surface area contributed by atoms with Crippen molar-refractivity contribution in [3.05, 3.63) is 31.4 Å². The van der Waals surface area contributed by atoms with E-state index in [9.17, 15) is 18.9 Å². The van der Waals surface area contributed by atoms with Crippen LogP contribution in [0.1, 0.15) is 12.1 Å². The Morgan fingerprint density at radius 1 is 1.64 bits per heavy atom. The molecule has 0 atom stereocenters. The number of alkyl halides is 2. The monoisotopic (exact) mass is 286 g/mol. The van der Waals surface area contributed by atoms with Crippen LogP contribution in [0, 0.1) is 10.1 Å². The van der Waals surface area contributed by atoms with Gasteiger partial charge in [0.05, 0.1) is 15.6 Å². The maximum atomic E-state index is 12.3. The first-order valence-electron chi connectivity index (χ1n) is 3.22. The highest BCUT2D eigenvalue weighted by Crippen LogP contribution is 2.33. The Labute approximate surface area is 90.2 Å². The highest BCUT2D eigenvalue weighted by Gasteiger charge is 2.25. The van der Waals surface area contributed by atoms with Crippen LogP contribution >= 0.6 is 27.5 Å². The zero-order valence-corrected chi connectivity index (χ0v) is 8.72. The third kappa shape index (κ3) is 2.16. The molecule has 76 valence electrons. The minimum Gasteiger partial charge on any atom is -0.358 e. The van der Waals surface area contributed by atoms with E-state index in [1.165, 1.54) is 0 Å². The summed E-state index contributed by atoms with van der Waals surface area (Å²) in [7, 11) is 0. The third-order valence-electron chi connectivity index (χ3n) is 1.32. The molecule has 0 saturated carbocycles. The van der Waals surface area contributed by atoms with Crippen molar-refractivity contribution in [2.24, 2.45) is 0 Å². The lowest BCUT2D eigenvalue weighted by Crippen LogP contribution is -1.98. The van der Waals surface area contributed by atoms with Gasteiger partial charge in [0, 0.05) is 0 Å². The van der Waals surface area contributed by atoms with Crippen LogP contribution in [0.25, 0.3) is 0 Å². The van der Waals surface area contributed by atoms with Crippen molar-refractivity contribution in [2.75, 3.05) is 0 Å². The van der Waals surface area contributed by atoms with Crippen LogP contribution in [0.2, 0.25) is 5.02 Å². The van der Waals surface area contributed by atoms with E-state index in [1.807, 2.05) is 0 Å². The normalized spacial score (nSPS) is 10.6. The van der Waals surface area contributed by atoms with Gasteiger partial charge in [-0.25, -0.2) is 8.78 Å². The minimum absolute atomic E-state index is 0.125. The zero-order valence-electron chi connectivity index (χ0n) is 6.38. The Kier molecular flexibility index (Phi) is 3.33. The van der Waals surface area contributed by atoms with Gasteiger partial charge in [0.1, 0.15) is 0 Å². The third-order valence-corrected chi connectivity index (χ3v) is 2.68. The van der Waals surface area contributed by atoms with Crippen LogP contribution < -0.4 is 0 Å². The molecule has 0 aliphatic rings. The fourth-order valence-electron chi connectivity index (χ4n) is 0.742. The highest BCUT2D eigenvalue weighted by molar-refractivity contribution is 9.10. The second-order valence-corrected chi connectivity index (χ2v) is 3.42. The molecule has 0 radical (unpaired) electrons. The first-order chi connectivity index (χ1) is 6.43. The Balaban J connectivity index is 3.35. The lowest BCUT2D eigenvalue weighted by atomic mass is 10.3. The molecule has 1 rings (SSSR count). The molecule has 0 N–H and O–H groups in total. The summed E-state index contributed by atoms with van der Waals surface area (Å²) in [5, 5.41) is 10.1. The lowest BCUT2D eigenvalue weighted by molar-refractivity contribution is -0.389. The molecule has 0 aliphatic heterocycles. The molecule has 0 saturated heterocycles. The van der Waals surface area contributed by atoms with Crippen molar-refractivity contribution in [3.8, 4) is 0 Å². The van der Waals surface area contributed by atoms with E-state index in [-0.39, 0.29) is 9.50 Å². The van der Waals surface area contributed by atoms with Crippen LogP contribution in [-0.4, -0.2) is 9.91 Å². The average molecular weight is 287 g/mol. The van der Waals surface area contributed by atoms with Crippen LogP contribution in [0.3, 0.4) is 0 Å². The summed E-state index contributed by atoms with van der Waals surface area (Å²) >= 11 is 8.25. The summed E-state index contributed by atoms with van der Waals surface area (Å²) in [5.74, 6) is -0.700. The SMILES string of the molecule is O=[N+]([O-])c1cc(Cl)c(Br)c(C(F)F)n1. The summed E-state index contributed by atoms with van der Waals surface area (Å²) in [6.07, 6.45) is -2.92. The molecule has 0 aromatic carbocycles. The number of nitro groups is 1. The molecule has 1 aromatic heterocycles. The molecule has 0 amide bonds. The Morgan fingerprint density at radius 3 is 2.64 bits per heavy atom. The van der Waals surface area contributed by atoms with Crippen LogP contribution in [0.15, 0.2) is 10.5 Å². The average Bonchev–Trinajstić information content (AvgIpc) is 2.08. The standard InChI is InChI=1S/C6H2BrClF2N2O2/c7-4-2(8)1-3(12(13)14)11-5(4)6(9)10/h1,6H. The fraction of sp³-hybridized carbons (Fsp3) is 0.167. The maximum Gasteiger partial charge on any atom is 0.365 e. The van der Waals surface area contributed by atoms with Gasteiger partial charge >= 0.3 is 12.2 Å². The van der Waals surface area contributed by atoms with E-state index in [4.69, 9.17) is 11.6 Å². The van der Waals surface area contributed by atoms with Gasteiger partial charge in [-0.05, 0) is 25.8 Å². The van der Waals surface area contributed by atoms with Crippen molar-refractivity contribution >= 4 is 33.3 Å². The highest BCUT2D eigenvalue weighted by atomic mass is 79.9. The second-order valence-electron chi connectivity index (χ2n) is 2.22. The van der Waals surface area contributed by atoms with E-state index < -0.39 is 22.9 Å². The van der Waals surface area contributed by atoms with Gasteiger partial charge in [0.25, 0.3) is 0 Å². The number of hydrogen-bond acceptors (Lipinski definition) is 3. The predicted molar refractivity (Wildman–Crippen MR) is 48.6 cm³/mol. The van der Waals surface area contributed by atoms with Gasteiger partial charge in [-0.1, -0.05) is 11.6 Å². The van der Waals surface area contributed by atoms with Crippen LogP contribution in [-0.2, 0) is 0 Å². The van der Waals surface area contributed by atoms with Crippen LogP contribution in [0.4, 0.5) is 14.6 Å². The van der Waals surface area contributed by atoms with Gasteiger partial charge < -0.3 is 10.1 Å². The molecule has 0 fully saturated rings. The molecule has 8 heteroatoms. The lowest BCUT2D eigenvalue weighted by Gasteiger charge is -2.00. The molecule has 4 nitrogen and oxygen atoms in total. The van der Waals surface area contributed by atoms with E-state index in [1.54, 1.807) is 0 Å². The molecule has 0 aliphatic carbocycles. The van der Waals surface area contributed by atoms with Gasteiger partial charge in [-0.3, -0.25) is 0 Å². The summed E-state index contributed by atoms with van der Waals surface area (Å²) in [6, 6.07) is 0.900. The van der Waals surface area contributed by atoms with Crippen molar-refractivity contribution in [1.29, 1.82) is 0 Å². The first kappa shape index (κ1) is 11.3. The summed E-state index contributed by atoms with van der Waals surface area (Å²) < 4.78 is 24.4. The Hall–Kier alpha value is -0.820. The number of aromatic nitrogens is 1. The van der Waals surface area contributed by atoms with Crippen molar-refractivity contribution in [2.45, 2.75) is 6.43 Å². The molecular formula is C6H2BrClF2N2O2. The van der Waals surface area contributed by atoms with E-state index in [0.29, 0.717) is 0 Å². The smallest absolute Gasteiger partial charge is 0.358 e. The summed E-state index contributed by atoms with van der Waals surface area (Å²) in [4.78, 5) is 12.5. The summed E-state index contributed by atoms with van der Waals surface area (Å²) in [6.45, 7) is 0. The number of pyridine rings is 1. The maximum absolute atomic E-state index is 12.3. The van der Waals surface area contributed by atoms with E-state index >= 15 is 0 Å². The van der Waals surface area contributed by atoms with Gasteiger partial charge in [-0.15, -0.1) is 0 Å². The van der Waals surface area contributed by atoms with Crippen LogP contribution in [0.5, 0.6) is 0 Å². The largest absolute Gasteiger partial charge is 0.365 e. The molecular weight excluding hydrogens is 285 g/mol. The van der Waals surface area contributed by atoms with Gasteiger partial charge in [0.2, 0.25) is 5.69 Å². The van der Waals surface area contributed by atoms with E-state index in [2.05, 4.69) is 20.9 Å². The molecule has 0 spiro atoms. The van der Waals surface area contributed by atoms with Crippen molar-refractivity contribution in [3.63, 3.8) is 0 Å². The number of rotatable bonds is 2. The Morgan fingerprint density at radius 2 is 2.21 bits per heavy atom. The number of halogens is 4.